The van der Waals surface area contributed by atoms with E-state index in [9.17, 15) is 26.3 Å². The molecule has 0 spiro atoms. The number of halogens is 31. The second-order valence-corrected chi connectivity index (χ2v) is 22.5. The van der Waals surface area contributed by atoms with Crippen LogP contribution in [0.4, 0.5) is 132 Å². The first-order valence-corrected chi connectivity index (χ1v) is 28.4. The Morgan fingerprint density at radius 2 is 0.437 bits per heavy atom. The standard InChI is InChI=1S/C66H15BrF30N6/c67-12-11-23-28(34-44(76)56(88)64(96)57(89)45(34)77)21-8-7-19(101-21)26(32-40(72)52(84)62(94)53(85)41(32)73)17-4-3-15(99-17)24(30-36(68)48(80)60(92)49(81)37(30)69)13-1-2-14(98-13)25(31-38(70)50(82)61(93)51(83)39(31)71)16-5-6-18(100-16)27(33-42(74)54(86)63(95)55(87)43(33)75)20-9-10-22(102-20)29(66(12)103-23)35-46(78)58(90)65(97)59(91)47(35)79/h1-11,98-99,101-102H. The minimum absolute atomic E-state index is 0.366. The van der Waals surface area contributed by atoms with Crippen LogP contribution >= 0.6 is 15.9 Å². The number of allylic oxidation sites excluding steroid dienone is 4. The largest absolute Gasteiger partial charge is 0.354 e. The number of aromatic nitrogens is 4. The highest BCUT2D eigenvalue weighted by Gasteiger charge is 2.40. The van der Waals surface area contributed by atoms with Crippen molar-refractivity contribution < 1.29 is 132 Å². The summed E-state index contributed by atoms with van der Waals surface area (Å²) in [7, 11) is 0. The Kier molecular flexibility index (Phi) is 17.0. The van der Waals surface area contributed by atoms with Gasteiger partial charge in [0.1, 0.15) is 0 Å². The third-order valence-corrected chi connectivity index (χ3v) is 16.6. The van der Waals surface area contributed by atoms with Crippen molar-refractivity contribution in [1.82, 2.24) is 19.9 Å². The van der Waals surface area contributed by atoms with Gasteiger partial charge in [0, 0.05) is 82.1 Å². The lowest BCUT2D eigenvalue weighted by Gasteiger charge is -2.15. The molecular formula is C66H15BrF30N6. The van der Waals surface area contributed by atoms with Gasteiger partial charge >= 0.3 is 0 Å². The van der Waals surface area contributed by atoms with Crippen LogP contribution in [0.15, 0.2) is 92.6 Å². The number of H-pyrrole nitrogens is 4. The van der Waals surface area contributed by atoms with Crippen LogP contribution in [0.5, 0.6) is 0 Å². The molecule has 0 amide bonds. The quantitative estimate of drug-likeness (QED) is 0.0726. The van der Waals surface area contributed by atoms with Gasteiger partial charge in [-0.25, -0.2) is 142 Å². The average molecular weight is 1540 g/mol. The Morgan fingerprint density at radius 1 is 0.214 bits per heavy atom. The van der Waals surface area contributed by atoms with Crippen LogP contribution in [0.25, 0.3) is 33.4 Å². The van der Waals surface area contributed by atoms with Gasteiger partial charge in [-0.3, -0.25) is 0 Å². The lowest BCUT2D eigenvalue weighted by molar-refractivity contribution is 0.376. The Labute approximate surface area is 555 Å². The molecular weight excluding hydrogens is 1530 g/mol. The van der Waals surface area contributed by atoms with E-state index in [4.69, 9.17) is 0 Å². The molecule has 3 aliphatic heterocycles. The minimum atomic E-state index is -2.92. The van der Waals surface area contributed by atoms with Gasteiger partial charge in [-0.05, 0) is 82.7 Å². The molecule has 0 saturated carbocycles. The van der Waals surface area contributed by atoms with Crippen LogP contribution < -0.4 is 21.4 Å². The van der Waals surface area contributed by atoms with Crippen molar-refractivity contribution in [2.75, 3.05) is 0 Å². The Bertz CT molecular complexity index is 5910. The van der Waals surface area contributed by atoms with Crippen LogP contribution in [0, 0.1) is 175 Å². The normalized spacial score (nSPS) is 14.1. The van der Waals surface area contributed by atoms with Crippen molar-refractivity contribution in [3.63, 3.8) is 0 Å². The smallest absolute Gasteiger partial charge is 0.200 e. The molecule has 37 heteroatoms. The maximum Gasteiger partial charge on any atom is 0.200 e. The molecule has 526 valence electrons. The van der Waals surface area contributed by atoms with Crippen LogP contribution in [0.1, 0.15) is 56.2 Å². The zero-order valence-corrected chi connectivity index (χ0v) is 50.0. The maximum atomic E-state index is 16.6. The number of nitrogens with zero attached hydrogens (tertiary/aromatic N) is 2. The highest BCUT2D eigenvalue weighted by molar-refractivity contribution is 9.12. The third-order valence-electron chi connectivity index (χ3n) is 16.0. The van der Waals surface area contributed by atoms with Crippen LogP contribution in [0.3, 0.4) is 0 Å². The summed E-state index contributed by atoms with van der Waals surface area (Å²) in [4.78, 5) is 16.3. The van der Waals surface area contributed by atoms with Gasteiger partial charge < -0.3 is 19.9 Å². The third kappa shape index (κ3) is 10.4. The fourth-order valence-corrected chi connectivity index (χ4v) is 11.9. The molecule has 0 radical (unpaired) electrons. The van der Waals surface area contributed by atoms with Crippen molar-refractivity contribution >= 4 is 60.8 Å². The van der Waals surface area contributed by atoms with E-state index < -0.39 is 313 Å². The van der Waals surface area contributed by atoms with Crippen LogP contribution in [-0.4, -0.2) is 31.4 Å². The molecule has 13 rings (SSSR count). The monoisotopic (exact) mass is 1540 g/mol. The summed E-state index contributed by atoms with van der Waals surface area (Å²) in [5, 5.41) is -5.01. The summed E-state index contributed by atoms with van der Waals surface area (Å²) in [5.74, 6) is -85.9. The predicted molar refractivity (Wildman–Crippen MR) is 300 cm³/mol. The SMILES string of the molecule is Fc1c(F)c(F)c(C2=C3C=CC(=N3)C(c3c(F)c(F)c(F)c(F)c3F)=c3ccc([nH]3)=C(c3c(F)c(F)c(F)c(F)c3F)c3ccc([nH]3)C(c3c(F)c(F)c(F)c(F)c3F)=c3ccc([nH]3)=C(c3c(F)c(F)c(F)c(F)c3F)C3=NC(=C(c4c(F)c(F)c(F)c(F)c4F)c4ccc2[nH]4)C(Br)=C3)c(F)c1F. The molecule has 103 heavy (non-hydrogen) atoms. The Balaban J connectivity index is 1.30. The zero-order valence-electron chi connectivity index (χ0n) is 48.5. The second kappa shape index (κ2) is 25.0. The molecule has 0 aliphatic carbocycles. The highest BCUT2D eigenvalue weighted by atomic mass is 79.9. The molecule has 12 bridgehead atoms. The number of aliphatic imine (C=N–C) groups is 2. The summed E-state index contributed by atoms with van der Waals surface area (Å²) >= 11 is 2.82. The number of fused-ring (bicyclic) bond motifs is 10. The summed E-state index contributed by atoms with van der Waals surface area (Å²) in [5.41, 5.74) is -33.1. The van der Waals surface area contributed by atoms with E-state index >= 15 is 105 Å². The summed E-state index contributed by atoms with van der Waals surface area (Å²) in [6, 6.07) is 3.25. The molecule has 4 N–H and O–H groups in total. The van der Waals surface area contributed by atoms with Crippen molar-refractivity contribution in [2.24, 2.45) is 9.98 Å². The van der Waals surface area contributed by atoms with E-state index in [1.807, 2.05) is 0 Å². The number of benzene rings is 6. The highest BCUT2D eigenvalue weighted by Crippen LogP contribution is 2.45. The van der Waals surface area contributed by atoms with Gasteiger partial charge in [0.25, 0.3) is 0 Å². The maximum absolute atomic E-state index is 16.6. The Morgan fingerprint density at radius 3 is 0.738 bits per heavy atom. The van der Waals surface area contributed by atoms with E-state index in [2.05, 4.69) is 45.9 Å². The molecule has 4 aromatic heterocycles. The summed E-state index contributed by atoms with van der Waals surface area (Å²) < 4.78 is 473. The van der Waals surface area contributed by atoms with Crippen molar-refractivity contribution in [1.29, 1.82) is 0 Å². The van der Waals surface area contributed by atoms with E-state index in [-0.39, 0.29) is 0 Å². The topological polar surface area (TPSA) is 87.9 Å². The van der Waals surface area contributed by atoms with E-state index in [0.29, 0.717) is 66.8 Å². The number of rotatable bonds is 6. The average Bonchev–Trinajstić information content (AvgIpc) is 1.29. The van der Waals surface area contributed by atoms with Gasteiger partial charge in [-0.1, -0.05) is 0 Å². The van der Waals surface area contributed by atoms with E-state index in [1.54, 1.807) is 0 Å². The first-order chi connectivity index (χ1) is 48.5. The zero-order chi connectivity index (χ0) is 74.8. The lowest BCUT2D eigenvalue weighted by atomic mass is 9.98. The number of aromatic amines is 4. The molecule has 0 atom stereocenters. The molecule has 3 aliphatic rings. The second-order valence-electron chi connectivity index (χ2n) is 21.6. The molecule has 6 nitrogen and oxygen atoms in total. The molecule has 0 unspecified atom stereocenters. The number of nitrogens with one attached hydrogen (secondary N) is 4. The first-order valence-electron chi connectivity index (χ1n) is 27.6. The van der Waals surface area contributed by atoms with Gasteiger partial charge in [-0.15, -0.1) is 0 Å². The molecule has 0 fully saturated rings. The van der Waals surface area contributed by atoms with Crippen LogP contribution in [-0.2, 0) is 0 Å². The lowest BCUT2D eigenvalue weighted by Crippen LogP contribution is -2.23. The van der Waals surface area contributed by atoms with Crippen molar-refractivity contribution in [2.45, 2.75) is 0 Å². The summed E-state index contributed by atoms with van der Waals surface area (Å²) in [6.45, 7) is 0. The number of hydrogen-bond acceptors (Lipinski definition) is 2. The molecule has 7 heterocycles. The number of hydrogen-bond donors (Lipinski definition) is 4. The predicted octanol–water partition coefficient (Wildman–Crippen LogP) is 16.0. The summed E-state index contributed by atoms with van der Waals surface area (Å²) in [6.07, 6.45) is 1.10. The van der Waals surface area contributed by atoms with Gasteiger partial charge in [0.05, 0.1) is 56.2 Å². The van der Waals surface area contributed by atoms with Crippen LogP contribution in [0.2, 0.25) is 0 Å². The molecule has 0 saturated heterocycles. The minimum Gasteiger partial charge on any atom is -0.354 e. The molecule has 10 aromatic rings. The fraction of sp³-hybridized carbons (Fsp3) is 0. The first kappa shape index (κ1) is 70.1. The van der Waals surface area contributed by atoms with Gasteiger partial charge in [-0.2, -0.15) is 0 Å². The van der Waals surface area contributed by atoms with E-state index in [1.165, 1.54) is 0 Å². The van der Waals surface area contributed by atoms with Crippen molar-refractivity contribution in [3.05, 3.63) is 335 Å². The molecule has 6 aromatic carbocycles. The van der Waals surface area contributed by atoms with Gasteiger partial charge in [0.2, 0.25) is 34.9 Å². The Hall–Kier alpha value is -11.4. The van der Waals surface area contributed by atoms with E-state index in [0.717, 1.165) is 0 Å². The van der Waals surface area contributed by atoms with Crippen molar-refractivity contribution in [3.8, 4) is 0 Å². The van der Waals surface area contributed by atoms with Gasteiger partial charge in [0.15, 0.2) is 140 Å². The fourth-order valence-electron chi connectivity index (χ4n) is 11.4.